The van der Waals surface area contributed by atoms with Gasteiger partial charge in [-0.3, -0.25) is 9.69 Å². The lowest BCUT2D eigenvalue weighted by Gasteiger charge is -2.40. The van der Waals surface area contributed by atoms with Gasteiger partial charge in [-0.1, -0.05) is 29.3 Å². The molecule has 204 valence electrons. The molecule has 2 aromatic carbocycles. The van der Waals surface area contributed by atoms with Crippen molar-refractivity contribution >= 4 is 28.2 Å². The van der Waals surface area contributed by atoms with Gasteiger partial charge in [0, 0.05) is 49.1 Å². The second-order valence-electron chi connectivity index (χ2n) is 10.8. The number of H-pyrrole nitrogens is 1. The highest BCUT2D eigenvalue weighted by Gasteiger charge is 2.34. The number of nitrogens with zero attached hydrogens (tertiary/aromatic N) is 6. The average molecular weight is 548 g/mol. The maximum absolute atomic E-state index is 13.7. The smallest absolute Gasteiger partial charge is 0.253 e. The van der Waals surface area contributed by atoms with Crippen molar-refractivity contribution < 1.29 is 4.74 Å². The molecule has 0 amide bonds. The maximum atomic E-state index is 13.7. The van der Waals surface area contributed by atoms with Crippen LogP contribution >= 0.6 is 11.6 Å². The van der Waals surface area contributed by atoms with E-state index in [4.69, 9.17) is 16.3 Å². The number of tetrazole rings is 1. The highest BCUT2D eigenvalue weighted by atomic mass is 35.5. The van der Waals surface area contributed by atoms with E-state index < -0.39 is 6.04 Å². The molecular weight excluding hydrogens is 514 g/mol. The maximum Gasteiger partial charge on any atom is 0.253 e. The average Bonchev–Trinajstić information content (AvgIpc) is 3.60. The molecule has 2 saturated heterocycles. The molecule has 2 fully saturated rings. The fourth-order valence-corrected chi connectivity index (χ4v) is 6.24. The number of hydrogen-bond acceptors (Lipinski definition) is 7. The van der Waals surface area contributed by atoms with Gasteiger partial charge in [0.2, 0.25) is 0 Å². The van der Waals surface area contributed by atoms with Gasteiger partial charge >= 0.3 is 0 Å². The highest BCUT2D eigenvalue weighted by molar-refractivity contribution is 6.30. The van der Waals surface area contributed by atoms with Crippen LogP contribution in [0, 0.1) is 20.8 Å². The van der Waals surface area contributed by atoms with Crippen LogP contribution in [-0.2, 0) is 11.3 Å². The van der Waals surface area contributed by atoms with Gasteiger partial charge in [0.15, 0.2) is 5.82 Å². The van der Waals surface area contributed by atoms with E-state index in [0.29, 0.717) is 17.9 Å². The summed E-state index contributed by atoms with van der Waals surface area (Å²) >= 11 is 6.33. The Labute approximate surface area is 232 Å². The van der Waals surface area contributed by atoms with Crippen LogP contribution in [0.4, 0.5) is 5.69 Å². The number of rotatable bonds is 6. The minimum atomic E-state index is -0.391. The van der Waals surface area contributed by atoms with Gasteiger partial charge in [0.1, 0.15) is 6.04 Å². The van der Waals surface area contributed by atoms with E-state index in [1.165, 1.54) is 5.56 Å². The van der Waals surface area contributed by atoms with Gasteiger partial charge in [0.05, 0.1) is 18.2 Å². The number of benzene rings is 2. The van der Waals surface area contributed by atoms with E-state index in [9.17, 15) is 4.79 Å². The van der Waals surface area contributed by atoms with Crippen LogP contribution in [0.2, 0.25) is 5.02 Å². The van der Waals surface area contributed by atoms with E-state index in [2.05, 4.69) is 62.4 Å². The van der Waals surface area contributed by atoms with Gasteiger partial charge in [-0.15, -0.1) is 5.10 Å². The molecule has 2 aromatic heterocycles. The number of nitrogens with one attached hydrogen (secondary N) is 1. The third-order valence-corrected chi connectivity index (χ3v) is 8.25. The summed E-state index contributed by atoms with van der Waals surface area (Å²) in [7, 11) is 0. The predicted octanol–water partition coefficient (Wildman–Crippen LogP) is 4.18. The van der Waals surface area contributed by atoms with E-state index in [1.807, 2.05) is 29.8 Å². The van der Waals surface area contributed by atoms with E-state index in [0.717, 1.165) is 78.4 Å². The Morgan fingerprint density at radius 1 is 1.08 bits per heavy atom. The summed E-state index contributed by atoms with van der Waals surface area (Å²) in [6.07, 6.45) is 2.10. The highest BCUT2D eigenvalue weighted by Crippen LogP contribution is 2.31. The van der Waals surface area contributed by atoms with Crippen LogP contribution in [0.3, 0.4) is 0 Å². The summed E-state index contributed by atoms with van der Waals surface area (Å²) in [5.74, 6) is 0.673. The molecule has 0 radical (unpaired) electrons. The Morgan fingerprint density at radius 2 is 1.90 bits per heavy atom. The van der Waals surface area contributed by atoms with Crippen molar-refractivity contribution in [3.05, 3.63) is 79.9 Å². The topological polar surface area (TPSA) is 92.2 Å². The summed E-state index contributed by atoms with van der Waals surface area (Å²) in [4.78, 5) is 21.5. The van der Waals surface area contributed by atoms with Crippen LogP contribution in [0.25, 0.3) is 10.9 Å². The molecule has 39 heavy (non-hydrogen) atoms. The monoisotopic (exact) mass is 547 g/mol. The minimum absolute atomic E-state index is 0.0794. The number of halogens is 1. The molecule has 0 aliphatic carbocycles. The van der Waals surface area contributed by atoms with Crippen molar-refractivity contribution in [2.45, 2.75) is 52.3 Å². The van der Waals surface area contributed by atoms with Crippen LogP contribution in [0.1, 0.15) is 47.0 Å². The molecule has 4 aromatic rings. The first-order valence-electron chi connectivity index (χ1n) is 13.6. The van der Waals surface area contributed by atoms with Crippen LogP contribution < -0.4 is 10.5 Å². The third-order valence-electron chi connectivity index (χ3n) is 8.01. The van der Waals surface area contributed by atoms with Crippen LogP contribution in [-0.4, -0.2) is 69.0 Å². The van der Waals surface area contributed by atoms with Crippen LogP contribution in [0.15, 0.2) is 41.2 Å². The largest absolute Gasteiger partial charge is 0.376 e. The molecule has 1 N–H and O–H groups in total. The molecule has 2 aliphatic heterocycles. The van der Waals surface area contributed by atoms with E-state index in [-0.39, 0.29) is 11.7 Å². The van der Waals surface area contributed by atoms with Gasteiger partial charge in [-0.05, 0) is 84.8 Å². The number of aromatic nitrogens is 5. The number of piperazine rings is 1. The number of fused-ring (bicyclic) bond motifs is 1. The standard InChI is InChI=1S/C29H34ClN7O2/c1-18-13-20(3)26-21(14-18)15-24(29(38)31-26)27(28-32-33-34-37(28)17-23-5-4-12-39-23)36-10-8-35(9-11-36)25-16-22(30)7-6-19(25)2/h6-7,13-16,23,27H,4-5,8-12,17H2,1-3H3,(H,31,38). The fraction of sp³-hybridized carbons (Fsp3) is 0.448. The molecule has 9 nitrogen and oxygen atoms in total. The van der Waals surface area contributed by atoms with Crippen molar-refractivity contribution in [2.24, 2.45) is 0 Å². The third kappa shape index (κ3) is 5.18. The number of ether oxygens (including phenoxy) is 1. The number of aryl methyl sites for hydroxylation is 3. The van der Waals surface area contributed by atoms with E-state index >= 15 is 0 Å². The second kappa shape index (κ2) is 10.7. The number of anilines is 1. The molecule has 10 heteroatoms. The molecule has 2 atom stereocenters. The van der Waals surface area contributed by atoms with Crippen molar-refractivity contribution in [3.63, 3.8) is 0 Å². The van der Waals surface area contributed by atoms with Crippen molar-refractivity contribution in [1.82, 2.24) is 30.1 Å². The first-order chi connectivity index (χ1) is 18.9. The zero-order chi connectivity index (χ0) is 27.1. The number of pyridine rings is 1. The number of hydrogen-bond donors (Lipinski definition) is 1. The lowest BCUT2D eigenvalue weighted by molar-refractivity contribution is 0.0906. The zero-order valence-electron chi connectivity index (χ0n) is 22.7. The Kier molecular flexibility index (Phi) is 7.14. The molecule has 0 saturated carbocycles. The summed E-state index contributed by atoms with van der Waals surface area (Å²) in [5, 5.41) is 14.6. The molecule has 2 unspecified atom stereocenters. The molecule has 6 rings (SSSR count). The summed E-state index contributed by atoms with van der Waals surface area (Å²) in [6.45, 7) is 10.6. The zero-order valence-corrected chi connectivity index (χ0v) is 23.4. The number of aromatic amines is 1. The summed E-state index contributed by atoms with van der Waals surface area (Å²) < 4.78 is 7.72. The Morgan fingerprint density at radius 3 is 2.67 bits per heavy atom. The summed E-state index contributed by atoms with van der Waals surface area (Å²) in [5.41, 5.74) is 5.97. The van der Waals surface area contributed by atoms with Crippen LogP contribution in [0.5, 0.6) is 0 Å². The predicted molar refractivity (Wildman–Crippen MR) is 153 cm³/mol. The Hall–Kier alpha value is -3.27. The van der Waals surface area contributed by atoms with Crippen molar-refractivity contribution in [2.75, 3.05) is 37.7 Å². The Balaban J connectivity index is 1.38. The van der Waals surface area contributed by atoms with Gasteiger partial charge < -0.3 is 14.6 Å². The summed E-state index contributed by atoms with van der Waals surface area (Å²) in [6, 6.07) is 11.9. The molecule has 0 spiro atoms. The first-order valence-corrected chi connectivity index (χ1v) is 14.0. The lowest BCUT2D eigenvalue weighted by atomic mass is 10.00. The molecule has 0 bridgehead atoms. The van der Waals surface area contributed by atoms with Gasteiger partial charge in [-0.2, -0.15) is 0 Å². The molecule has 4 heterocycles. The quantitative estimate of drug-likeness (QED) is 0.387. The SMILES string of the molecule is Cc1cc(C)c2[nH]c(=O)c(C(c3nnnn3CC3CCCO3)N3CCN(c4cc(Cl)ccc4C)CC3)cc2c1. The minimum Gasteiger partial charge on any atom is -0.376 e. The lowest BCUT2D eigenvalue weighted by Crippen LogP contribution is -2.49. The van der Waals surface area contributed by atoms with Gasteiger partial charge in [-0.25, -0.2) is 4.68 Å². The van der Waals surface area contributed by atoms with Gasteiger partial charge in [0.25, 0.3) is 5.56 Å². The molecular formula is C29H34ClN7O2. The Bertz CT molecular complexity index is 1550. The van der Waals surface area contributed by atoms with Crippen molar-refractivity contribution in [3.8, 4) is 0 Å². The fourth-order valence-electron chi connectivity index (χ4n) is 6.07. The second-order valence-corrected chi connectivity index (χ2v) is 11.2. The normalized spacial score (nSPS) is 19.2. The van der Waals surface area contributed by atoms with E-state index in [1.54, 1.807) is 0 Å². The first kappa shape index (κ1) is 26.0. The van der Waals surface area contributed by atoms with Crippen molar-refractivity contribution in [1.29, 1.82) is 0 Å². The molecule has 2 aliphatic rings.